The molecule has 0 spiro atoms. The molecular formula is C7H10ClNO. The van der Waals surface area contributed by atoms with Gasteiger partial charge in [0.25, 0.3) is 0 Å². The molecule has 0 unspecified atom stereocenters. The van der Waals surface area contributed by atoms with Gasteiger partial charge in [-0.05, 0) is 20.3 Å². The molecule has 0 radical (unpaired) electrons. The van der Waals surface area contributed by atoms with Crippen molar-refractivity contribution in [2.75, 3.05) is 5.88 Å². The van der Waals surface area contributed by atoms with E-state index in [1.807, 2.05) is 13.8 Å². The lowest BCUT2D eigenvalue weighted by atomic mass is 10.1. The predicted molar refractivity (Wildman–Crippen MR) is 40.4 cm³/mol. The average Bonchev–Trinajstić information content (AvgIpc) is 2.20. The molecule has 0 saturated carbocycles. The van der Waals surface area contributed by atoms with Crippen molar-refractivity contribution in [2.45, 2.75) is 20.3 Å². The van der Waals surface area contributed by atoms with Crippen LogP contribution in [0, 0.1) is 13.8 Å². The van der Waals surface area contributed by atoms with Crippen LogP contribution >= 0.6 is 11.6 Å². The van der Waals surface area contributed by atoms with Gasteiger partial charge in [-0.15, -0.1) is 11.6 Å². The lowest BCUT2D eigenvalue weighted by Gasteiger charge is -1.91. The quantitative estimate of drug-likeness (QED) is 0.618. The van der Waals surface area contributed by atoms with Crippen LogP contribution in [0.15, 0.2) is 4.52 Å². The molecule has 2 nitrogen and oxygen atoms in total. The van der Waals surface area contributed by atoms with Crippen LogP contribution in [0.2, 0.25) is 0 Å². The van der Waals surface area contributed by atoms with Crippen molar-refractivity contribution in [3.05, 3.63) is 17.0 Å². The third kappa shape index (κ3) is 1.32. The number of halogens is 1. The van der Waals surface area contributed by atoms with E-state index in [0.717, 1.165) is 23.4 Å². The van der Waals surface area contributed by atoms with E-state index in [9.17, 15) is 0 Å². The average molecular weight is 160 g/mol. The molecule has 0 aliphatic carbocycles. The van der Waals surface area contributed by atoms with Gasteiger partial charge in [0.15, 0.2) is 0 Å². The maximum atomic E-state index is 5.57. The molecule has 10 heavy (non-hydrogen) atoms. The van der Waals surface area contributed by atoms with E-state index in [4.69, 9.17) is 16.1 Å². The summed E-state index contributed by atoms with van der Waals surface area (Å²) in [6.07, 6.45) is 0.850. The monoisotopic (exact) mass is 159 g/mol. The Bertz CT molecular complexity index is 200. The highest BCUT2D eigenvalue weighted by Gasteiger charge is 2.06. The van der Waals surface area contributed by atoms with E-state index in [1.54, 1.807) is 0 Å². The smallest absolute Gasteiger partial charge is 0.137 e. The topological polar surface area (TPSA) is 26.0 Å². The van der Waals surface area contributed by atoms with Gasteiger partial charge in [0.05, 0.1) is 5.69 Å². The van der Waals surface area contributed by atoms with Crippen molar-refractivity contribution >= 4 is 11.6 Å². The largest absolute Gasteiger partial charge is 0.361 e. The molecule has 1 rings (SSSR count). The van der Waals surface area contributed by atoms with E-state index in [2.05, 4.69) is 5.16 Å². The Morgan fingerprint density at radius 1 is 1.50 bits per heavy atom. The zero-order valence-electron chi connectivity index (χ0n) is 6.15. The van der Waals surface area contributed by atoms with E-state index >= 15 is 0 Å². The maximum Gasteiger partial charge on any atom is 0.137 e. The maximum absolute atomic E-state index is 5.57. The summed E-state index contributed by atoms with van der Waals surface area (Å²) >= 11 is 5.57. The van der Waals surface area contributed by atoms with Crippen molar-refractivity contribution in [3.63, 3.8) is 0 Å². The SMILES string of the molecule is Cc1noc(C)c1CCCl. The van der Waals surface area contributed by atoms with Crippen molar-refractivity contribution < 1.29 is 4.52 Å². The van der Waals surface area contributed by atoms with Crippen LogP contribution in [0.4, 0.5) is 0 Å². The van der Waals surface area contributed by atoms with Gasteiger partial charge in [-0.2, -0.15) is 0 Å². The molecular weight excluding hydrogens is 150 g/mol. The predicted octanol–water partition coefficient (Wildman–Crippen LogP) is 2.07. The van der Waals surface area contributed by atoms with E-state index in [0.29, 0.717) is 5.88 Å². The van der Waals surface area contributed by atoms with Crippen molar-refractivity contribution in [1.82, 2.24) is 5.16 Å². The van der Waals surface area contributed by atoms with Crippen LogP contribution in [-0.2, 0) is 6.42 Å². The molecule has 56 valence electrons. The molecule has 3 heteroatoms. The fraction of sp³-hybridized carbons (Fsp3) is 0.571. The number of alkyl halides is 1. The summed E-state index contributed by atoms with van der Waals surface area (Å²) in [5.74, 6) is 1.52. The number of nitrogens with zero attached hydrogens (tertiary/aromatic N) is 1. The van der Waals surface area contributed by atoms with Gasteiger partial charge in [-0.3, -0.25) is 0 Å². The highest BCUT2D eigenvalue weighted by Crippen LogP contribution is 2.12. The molecule has 0 aromatic carbocycles. The van der Waals surface area contributed by atoms with E-state index < -0.39 is 0 Å². The summed E-state index contributed by atoms with van der Waals surface area (Å²) in [6, 6.07) is 0. The highest BCUT2D eigenvalue weighted by atomic mass is 35.5. The molecule has 0 aliphatic rings. The minimum Gasteiger partial charge on any atom is -0.361 e. The normalized spacial score (nSPS) is 10.3. The Morgan fingerprint density at radius 2 is 2.20 bits per heavy atom. The minimum atomic E-state index is 0.628. The van der Waals surface area contributed by atoms with Crippen molar-refractivity contribution in [2.24, 2.45) is 0 Å². The number of aromatic nitrogens is 1. The number of hydrogen-bond acceptors (Lipinski definition) is 2. The molecule has 0 fully saturated rings. The molecule has 0 N–H and O–H groups in total. The molecule has 1 aromatic heterocycles. The standard InChI is InChI=1S/C7H10ClNO/c1-5-7(3-4-8)6(2)10-9-5/h3-4H2,1-2H3. The Morgan fingerprint density at radius 3 is 2.60 bits per heavy atom. The lowest BCUT2D eigenvalue weighted by Crippen LogP contribution is -1.88. The second-order valence-corrected chi connectivity index (χ2v) is 2.62. The van der Waals surface area contributed by atoms with Crippen molar-refractivity contribution in [1.29, 1.82) is 0 Å². The Labute approximate surface area is 65.2 Å². The minimum absolute atomic E-state index is 0.628. The fourth-order valence-corrected chi connectivity index (χ4v) is 1.14. The molecule has 0 aliphatic heterocycles. The van der Waals surface area contributed by atoms with Crippen LogP contribution < -0.4 is 0 Å². The van der Waals surface area contributed by atoms with E-state index in [1.165, 1.54) is 0 Å². The van der Waals surface area contributed by atoms with Crippen molar-refractivity contribution in [3.8, 4) is 0 Å². The summed E-state index contributed by atoms with van der Waals surface area (Å²) in [4.78, 5) is 0. The fourth-order valence-electron chi connectivity index (χ4n) is 0.953. The Kier molecular flexibility index (Phi) is 2.33. The Hall–Kier alpha value is -0.500. The lowest BCUT2D eigenvalue weighted by molar-refractivity contribution is 0.392. The Balaban J connectivity index is 2.87. The van der Waals surface area contributed by atoms with Gasteiger partial charge in [-0.25, -0.2) is 0 Å². The first-order valence-electron chi connectivity index (χ1n) is 3.23. The first kappa shape index (κ1) is 7.61. The number of aryl methyl sites for hydroxylation is 2. The highest BCUT2D eigenvalue weighted by molar-refractivity contribution is 6.18. The summed E-state index contributed by atoms with van der Waals surface area (Å²) in [5, 5.41) is 3.80. The van der Waals surface area contributed by atoms with E-state index in [-0.39, 0.29) is 0 Å². The van der Waals surface area contributed by atoms with Crippen LogP contribution in [-0.4, -0.2) is 11.0 Å². The summed E-state index contributed by atoms with van der Waals surface area (Å²) < 4.78 is 4.94. The zero-order chi connectivity index (χ0) is 7.56. The second-order valence-electron chi connectivity index (χ2n) is 2.24. The third-order valence-corrected chi connectivity index (χ3v) is 1.71. The molecule has 0 amide bonds. The first-order chi connectivity index (χ1) is 4.75. The van der Waals surface area contributed by atoms with Gasteiger partial charge in [0.2, 0.25) is 0 Å². The third-order valence-electron chi connectivity index (χ3n) is 1.53. The van der Waals surface area contributed by atoms with Gasteiger partial charge in [-0.1, -0.05) is 5.16 Å². The second kappa shape index (κ2) is 3.06. The molecule has 0 bridgehead atoms. The first-order valence-corrected chi connectivity index (χ1v) is 3.77. The number of hydrogen-bond donors (Lipinski definition) is 0. The molecule has 1 heterocycles. The van der Waals surface area contributed by atoms with Gasteiger partial charge < -0.3 is 4.52 Å². The van der Waals surface area contributed by atoms with Crippen LogP contribution in [0.5, 0.6) is 0 Å². The summed E-state index contributed by atoms with van der Waals surface area (Å²) in [5.41, 5.74) is 2.10. The van der Waals surface area contributed by atoms with Gasteiger partial charge in [0, 0.05) is 11.4 Å². The zero-order valence-corrected chi connectivity index (χ0v) is 6.90. The van der Waals surface area contributed by atoms with Crippen LogP contribution in [0.1, 0.15) is 17.0 Å². The van der Waals surface area contributed by atoms with Crippen LogP contribution in [0.3, 0.4) is 0 Å². The summed E-state index contributed by atoms with van der Waals surface area (Å²) in [7, 11) is 0. The van der Waals surface area contributed by atoms with Gasteiger partial charge >= 0.3 is 0 Å². The molecule has 0 atom stereocenters. The molecule has 1 aromatic rings. The van der Waals surface area contributed by atoms with Crippen LogP contribution in [0.25, 0.3) is 0 Å². The summed E-state index contributed by atoms with van der Waals surface area (Å²) in [6.45, 7) is 3.83. The van der Waals surface area contributed by atoms with Gasteiger partial charge in [0.1, 0.15) is 5.76 Å². The number of rotatable bonds is 2. The molecule has 0 saturated heterocycles.